The number of nitrogens with zero attached hydrogens (tertiary/aromatic N) is 2. The topological polar surface area (TPSA) is 69.3 Å². The number of amides is 1. The normalized spacial score (nSPS) is 16.6. The van der Waals surface area contributed by atoms with E-state index in [1.54, 1.807) is 47.4 Å². The van der Waals surface area contributed by atoms with Gasteiger partial charge in [-0.05, 0) is 48.5 Å². The first-order valence-corrected chi connectivity index (χ1v) is 9.73. The number of rotatable bonds is 3. The summed E-state index contributed by atoms with van der Waals surface area (Å²) in [5.74, 6) is 0.502. The summed E-state index contributed by atoms with van der Waals surface area (Å²) in [5, 5.41) is 13.5. The predicted molar refractivity (Wildman–Crippen MR) is 116 cm³/mol. The highest BCUT2D eigenvalue weighted by Gasteiger charge is 2.35. The molecule has 5 nitrogen and oxygen atoms in total. The maximum atomic E-state index is 12.4. The fourth-order valence-electron chi connectivity index (χ4n) is 3.08. The molecule has 0 spiro atoms. The van der Waals surface area contributed by atoms with Crippen LogP contribution in [0, 0.1) is 11.3 Å². The van der Waals surface area contributed by atoms with Crippen LogP contribution in [0.1, 0.15) is 11.9 Å². The second-order valence-corrected chi connectivity index (χ2v) is 7.48. The maximum absolute atomic E-state index is 12.4. The summed E-state index contributed by atoms with van der Waals surface area (Å²) in [4.78, 5) is 14.1. The Balaban J connectivity index is 1.80. The Bertz CT molecular complexity index is 1170. The number of thiol groups is 1. The van der Waals surface area contributed by atoms with Gasteiger partial charge in [0.25, 0.3) is 5.91 Å². The van der Waals surface area contributed by atoms with Gasteiger partial charge in [0, 0.05) is 16.3 Å². The zero-order valence-electron chi connectivity index (χ0n) is 14.8. The first kappa shape index (κ1) is 19.5. The van der Waals surface area contributed by atoms with Gasteiger partial charge in [-0.3, -0.25) is 4.79 Å². The van der Waals surface area contributed by atoms with Gasteiger partial charge >= 0.3 is 0 Å². The zero-order valence-corrected chi connectivity index (χ0v) is 17.2. The number of carbonyl (C=O) groups excluding carboxylic acids is 1. The molecule has 0 fully saturated rings. The number of nitrogens with one attached hydrogen (secondary N) is 1. The van der Waals surface area contributed by atoms with Crippen molar-refractivity contribution < 1.29 is 9.21 Å². The van der Waals surface area contributed by atoms with Crippen molar-refractivity contribution in [2.75, 3.05) is 4.90 Å². The lowest BCUT2D eigenvalue weighted by Gasteiger charge is -2.36. The number of carbonyl (C=O) groups is 1. The van der Waals surface area contributed by atoms with Crippen LogP contribution in [0.4, 0.5) is 5.69 Å². The van der Waals surface area contributed by atoms with E-state index >= 15 is 0 Å². The highest BCUT2D eigenvalue weighted by molar-refractivity contribution is 7.84. The zero-order chi connectivity index (χ0) is 20.5. The summed E-state index contributed by atoms with van der Waals surface area (Å²) in [6.45, 7) is 0. The summed E-state index contributed by atoms with van der Waals surface area (Å²) in [6.07, 6.45) is -0.704. The van der Waals surface area contributed by atoms with E-state index in [1.165, 1.54) is 0 Å². The highest BCUT2D eigenvalue weighted by atomic mass is 35.5. The summed E-state index contributed by atoms with van der Waals surface area (Å²) < 4.78 is 6.02. The van der Waals surface area contributed by atoms with Gasteiger partial charge in [0.15, 0.2) is 6.17 Å². The highest BCUT2D eigenvalue weighted by Crippen LogP contribution is 2.38. The van der Waals surface area contributed by atoms with Crippen molar-refractivity contribution in [3.05, 3.63) is 87.1 Å². The fourth-order valence-corrected chi connectivity index (χ4v) is 3.82. The molecule has 3 aromatic rings. The third-order valence-electron chi connectivity index (χ3n) is 4.46. The van der Waals surface area contributed by atoms with Crippen LogP contribution in [-0.2, 0) is 4.79 Å². The van der Waals surface area contributed by atoms with E-state index in [-0.39, 0.29) is 10.6 Å². The fraction of sp³-hybridized carbons (Fsp3) is 0.0476. The lowest BCUT2D eigenvalue weighted by Crippen LogP contribution is -2.45. The molecule has 0 aliphatic carbocycles. The average molecular weight is 442 g/mol. The Morgan fingerprint density at radius 2 is 1.79 bits per heavy atom. The van der Waals surface area contributed by atoms with Crippen LogP contribution < -0.4 is 10.2 Å². The SMILES string of the molecule is N#CC1=C(S)N(c2ccc(Cl)cc2)C(c2ccc(-c3ccccc3Cl)o2)NC1=O. The molecule has 0 saturated carbocycles. The van der Waals surface area contributed by atoms with E-state index in [1.807, 2.05) is 24.3 Å². The molecule has 4 rings (SSSR count). The second kappa shape index (κ2) is 7.88. The number of hydrogen-bond donors (Lipinski definition) is 2. The molecule has 0 saturated heterocycles. The smallest absolute Gasteiger partial charge is 0.266 e. The largest absolute Gasteiger partial charge is 0.457 e. The van der Waals surface area contributed by atoms with Crippen LogP contribution in [0.15, 0.2) is 75.7 Å². The van der Waals surface area contributed by atoms with Crippen molar-refractivity contribution in [1.82, 2.24) is 5.32 Å². The van der Waals surface area contributed by atoms with E-state index in [0.29, 0.717) is 27.3 Å². The predicted octanol–water partition coefficient (Wildman–Crippen LogP) is 5.55. The average Bonchev–Trinajstić information content (AvgIpc) is 3.19. The van der Waals surface area contributed by atoms with Crippen molar-refractivity contribution in [1.29, 1.82) is 5.26 Å². The lowest BCUT2D eigenvalue weighted by molar-refractivity contribution is -0.118. The van der Waals surface area contributed by atoms with Gasteiger partial charge in [0.2, 0.25) is 0 Å². The molecule has 2 heterocycles. The quantitative estimate of drug-likeness (QED) is 0.522. The van der Waals surface area contributed by atoms with Gasteiger partial charge in [-0.15, -0.1) is 12.6 Å². The molecule has 2 aromatic carbocycles. The minimum atomic E-state index is -0.704. The minimum absolute atomic E-state index is 0.0857. The molecule has 29 heavy (non-hydrogen) atoms. The van der Waals surface area contributed by atoms with Crippen LogP contribution in [0.2, 0.25) is 10.0 Å². The molecule has 0 bridgehead atoms. The number of furan rings is 1. The van der Waals surface area contributed by atoms with E-state index in [4.69, 9.17) is 27.6 Å². The van der Waals surface area contributed by atoms with Gasteiger partial charge in [-0.2, -0.15) is 5.26 Å². The first-order valence-electron chi connectivity index (χ1n) is 8.53. The Kier molecular flexibility index (Phi) is 5.29. The summed E-state index contributed by atoms with van der Waals surface area (Å²) in [6, 6.07) is 19.7. The Labute approximate surface area is 182 Å². The number of hydrogen-bond acceptors (Lipinski definition) is 5. The van der Waals surface area contributed by atoms with Gasteiger partial charge in [0.05, 0.1) is 10.1 Å². The number of anilines is 1. The Morgan fingerprint density at radius 1 is 1.07 bits per heavy atom. The van der Waals surface area contributed by atoms with Crippen LogP contribution in [0.5, 0.6) is 0 Å². The van der Waals surface area contributed by atoms with Crippen molar-refractivity contribution >= 4 is 47.4 Å². The Hall–Kier alpha value is -2.85. The molecule has 1 amide bonds. The summed E-state index contributed by atoms with van der Waals surface area (Å²) >= 11 is 16.7. The molecule has 1 N–H and O–H groups in total. The molecule has 1 atom stereocenters. The van der Waals surface area contributed by atoms with Gasteiger partial charge in [0.1, 0.15) is 23.2 Å². The van der Waals surface area contributed by atoms with Gasteiger partial charge in [-0.1, -0.05) is 35.3 Å². The van der Waals surface area contributed by atoms with Crippen molar-refractivity contribution in [3.63, 3.8) is 0 Å². The summed E-state index contributed by atoms with van der Waals surface area (Å²) in [5.41, 5.74) is 1.34. The monoisotopic (exact) mass is 441 g/mol. The molecule has 1 aliphatic heterocycles. The van der Waals surface area contributed by atoms with Gasteiger partial charge < -0.3 is 14.6 Å². The number of benzene rings is 2. The molecular weight excluding hydrogens is 429 g/mol. The molecule has 1 aliphatic rings. The van der Waals surface area contributed by atoms with Crippen LogP contribution in [-0.4, -0.2) is 5.91 Å². The van der Waals surface area contributed by atoms with Crippen molar-refractivity contribution in [2.24, 2.45) is 0 Å². The van der Waals surface area contributed by atoms with E-state index < -0.39 is 12.1 Å². The third-order valence-corrected chi connectivity index (χ3v) is 5.48. The molecule has 144 valence electrons. The molecule has 1 unspecified atom stereocenters. The maximum Gasteiger partial charge on any atom is 0.266 e. The molecule has 1 aromatic heterocycles. The lowest BCUT2D eigenvalue weighted by atomic mass is 10.1. The Morgan fingerprint density at radius 3 is 2.48 bits per heavy atom. The summed E-state index contributed by atoms with van der Waals surface area (Å²) in [7, 11) is 0. The van der Waals surface area contributed by atoms with Crippen molar-refractivity contribution in [3.8, 4) is 17.4 Å². The van der Waals surface area contributed by atoms with Crippen molar-refractivity contribution in [2.45, 2.75) is 6.17 Å². The second-order valence-electron chi connectivity index (χ2n) is 6.21. The third kappa shape index (κ3) is 3.60. The van der Waals surface area contributed by atoms with Crippen LogP contribution in [0.3, 0.4) is 0 Å². The number of halogens is 2. The van der Waals surface area contributed by atoms with E-state index in [2.05, 4.69) is 17.9 Å². The van der Waals surface area contributed by atoms with E-state index in [0.717, 1.165) is 5.56 Å². The van der Waals surface area contributed by atoms with Gasteiger partial charge in [-0.25, -0.2) is 0 Å². The standard InChI is InChI=1S/C21H13Cl2N3O2S/c22-12-5-7-13(8-6-12)26-19(25-20(27)15(11-24)21(26)29)18-10-9-17(28-18)14-3-1-2-4-16(14)23/h1-10,19,29H,(H,25,27). The van der Waals surface area contributed by atoms with Crippen LogP contribution in [0.25, 0.3) is 11.3 Å². The minimum Gasteiger partial charge on any atom is -0.457 e. The number of nitriles is 1. The molecular formula is C21H13Cl2N3O2S. The van der Waals surface area contributed by atoms with E-state index in [9.17, 15) is 10.1 Å². The molecule has 8 heteroatoms. The molecule has 0 radical (unpaired) electrons. The first-order chi connectivity index (χ1) is 14.0. The van der Waals surface area contributed by atoms with Crippen LogP contribution >= 0.6 is 35.8 Å².